The van der Waals surface area contributed by atoms with Crippen LogP contribution in [0.4, 0.5) is 0 Å². The van der Waals surface area contributed by atoms with Crippen molar-refractivity contribution < 1.29 is 9.90 Å². The van der Waals surface area contributed by atoms with Crippen LogP contribution in [0.25, 0.3) is 0 Å². The van der Waals surface area contributed by atoms with E-state index in [0.717, 1.165) is 5.57 Å². The average molecular weight is 208 g/mol. The molecular weight excluding hydrogens is 188 g/mol. The second kappa shape index (κ2) is 4.31. The third kappa shape index (κ3) is 2.20. The second-order valence-corrected chi connectivity index (χ2v) is 4.83. The van der Waals surface area contributed by atoms with Crippen molar-refractivity contribution in [1.29, 1.82) is 0 Å². The van der Waals surface area contributed by atoms with Crippen LogP contribution in [0.2, 0.25) is 0 Å². The predicted octanol–water partition coefficient (Wildman–Crippen LogP) is 2.48. The number of allylic oxidation sites excluding steroid dienone is 2. The Hall–Kier alpha value is -0.890. The second-order valence-electron chi connectivity index (χ2n) is 4.83. The Labute approximate surface area is 91.7 Å². The first-order valence-electron chi connectivity index (χ1n) is 5.39. The molecule has 0 amide bonds. The molecule has 3 atom stereocenters. The molecule has 0 radical (unpaired) electrons. The lowest BCUT2D eigenvalue weighted by Gasteiger charge is -2.40. The van der Waals surface area contributed by atoms with Crippen LogP contribution in [-0.2, 0) is 4.79 Å². The topological polar surface area (TPSA) is 37.3 Å². The summed E-state index contributed by atoms with van der Waals surface area (Å²) in [5.41, 5.74) is 0.358. The third-order valence-electron chi connectivity index (χ3n) is 3.58. The molecule has 0 bridgehead atoms. The zero-order valence-electron chi connectivity index (χ0n) is 9.62. The lowest BCUT2D eigenvalue weighted by Crippen LogP contribution is -2.45. The van der Waals surface area contributed by atoms with Gasteiger partial charge in [0.1, 0.15) is 5.78 Å². The van der Waals surface area contributed by atoms with E-state index in [1.807, 2.05) is 13.8 Å². The van der Waals surface area contributed by atoms with Crippen LogP contribution in [0.15, 0.2) is 24.8 Å². The van der Waals surface area contributed by atoms with Gasteiger partial charge in [0, 0.05) is 6.42 Å². The van der Waals surface area contributed by atoms with Gasteiger partial charge < -0.3 is 5.11 Å². The van der Waals surface area contributed by atoms with Crippen molar-refractivity contribution in [2.45, 2.75) is 39.2 Å². The van der Waals surface area contributed by atoms with Crippen molar-refractivity contribution in [2.75, 3.05) is 0 Å². The summed E-state index contributed by atoms with van der Waals surface area (Å²) < 4.78 is 0. The van der Waals surface area contributed by atoms with E-state index in [2.05, 4.69) is 13.2 Å². The van der Waals surface area contributed by atoms with Gasteiger partial charge >= 0.3 is 0 Å². The molecule has 0 unspecified atom stereocenters. The smallest absolute Gasteiger partial charge is 0.142 e. The minimum absolute atomic E-state index is 0.133. The molecule has 1 rings (SSSR count). The zero-order chi connectivity index (χ0) is 11.6. The molecule has 0 heterocycles. The molecule has 1 aliphatic carbocycles. The largest absolute Gasteiger partial charge is 0.392 e. The van der Waals surface area contributed by atoms with Gasteiger partial charge in [-0.3, -0.25) is 4.79 Å². The van der Waals surface area contributed by atoms with Crippen molar-refractivity contribution in [3.8, 4) is 0 Å². The summed E-state index contributed by atoms with van der Waals surface area (Å²) in [7, 11) is 0. The lowest BCUT2D eigenvalue weighted by atomic mass is 9.66. The molecule has 0 spiro atoms. The maximum Gasteiger partial charge on any atom is 0.142 e. The van der Waals surface area contributed by atoms with E-state index in [1.54, 1.807) is 6.08 Å². The van der Waals surface area contributed by atoms with Gasteiger partial charge in [0.15, 0.2) is 0 Å². The van der Waals surface area contributed by atoms with Crippen molar-refractivity contribution in [1.82, 2.24) is 0 Å². The molecule has 0 saturated heterocycles. The van der Waals surface area contributed by atoms with Gasteiger partial charge in [-0.05, 0) is 32.6 Å². The standard InChI is InChI=1S/C13H20O2/c1-5-6-13(4)11(14)7-10(9(2)3)8-12(13)15/h5,10-11,14H,1-2,6-8H2,3-4H3/t10-,11+,13+/m1/s1. The fraction of sp³-hybridized carbons (Fsp3) is 0.615. The summed E-state index contributed by atoms with van der Waals surface area (Å²) in [6, 6.07) is 0. The average Bonchev–Trinajstić information content (AvgIpc) is 2.14. The van der Waals surface area contributed by atoms with Crippen molar-refractivity contribution in [3.05, 3.63) is 24.8 Å². The van der Waals surface area contributed by atoms with Crippen LogP contribution in [0.1, 0.15) is 33.1 Å². The fourth-order valence-corrected chi connectivity index (χ4v) is 2.18. The lowest BCUT2D eigenvalue weighted by molar-refractivity contribution is -0.140. The molecule has 1 aliphatic rings. The first-order valence-corrected chi connectivity index (χ1v) is 5.39. The Bertz CT molecular complexity index is 293. The molecule has 1 N–H and O–H groups in total. The highest BCUT2D eigenvalue weighted by Gasteiger charge is 2.44. The number of carbonyl (C=O) groups excluding carboxylic acids is 1. The number of aliphatic hydroxyl groups is 1. The summed E-state index contributed by atoms with van der Waals surface area (Å²) in [6.07, 6.45) is 2.85. The minimum atomic E-state index is -0.631. The maximum atomic E-state index is 12.0. The van der Waals surface area contributed by atoms with E-state index < -0.39 is 11.5 Å². The Morgan fingerprint density at radius 1 is 1.73 bits per heavy atom. The third-order valence-corrected chi connectivity index (χ3v) is 3.58. The van der Waals surface area contributed by atoms with Crippen LogP contribution in [0, 0.1) is 11.3 Å². The normalized spacial score (nSPS) is 36.3. The summed E-state index contributed by atoms with van der Waals surface area (Å²) in [5.74, 6) is 0.277. The first kappa shape index (κ1) is 12.2. The molecule has 2 heteroatoms. The highest BCUT2D eigenvalue weighted by Crippen LogP contribution is 2.40. The van der Waals surface area contributed by atoms with E-state index in [-0.39, 0.29) is 11.7 Å². The Kier molecular flexibility index (Phi) is 3.50. The number of carbonyl (C=O) groups is 1. The van der Waals surface area contributed by atoms with Crippen molar-refractivity contribution in [2.24, 2.45) is 11.3 Å². The highest BCUT2D eigenvalue weighted by molar-refractivity contribution is 5.86. The molecule has 15 heavy (non-hydrogen) atoms. The van der Waals surface area contributed by atoms with Crippen LogP contribution in [0.5, 0.6) is 0 Å². The fourth-order valence-electron chi connectivity index (χ4n) is 2.18. The Morgan fingerprint density at radius 3 is 2.73 bits per heavy atom. The van der Waals surface area contributed by atoms with Gasteiger partial charge in [-0.2, -0.15) is 0 Å². The van der Waals surface area contributed by atoms with Gasteiger partial charge in [-0.1, -0.05) is 18.2 Å². The summed E-state index contributed by atoms with van der Waals surface area (Å²) in [4.78, 5) is 12.0. The molecule has 0 aromatic rings. The van der Waals surface area contributed by atoms with E-state index in [0.29, 0.717) is 19.3 Å². The van der Waals surface area contributed by atoms with Crippen LogP contribution in [-0.4, -0.2) is 17.0 Å². The van der Waals surface area contributed by atoms with E-state index in [9.17, 15) is 9.90 Å². The first-order chi connectivity index (χ1) is 6.91. The van der Waals surface area contributed by atoms with Crippen molar-refractivity contribution in [3.63, 3.8) is 0 Å². The molecule has 0 aromatic carbocycles. The highest BCUT2D eigenvalue weighted by atomic mass is 16.3. The monoisotopic (exact) mass is 208 g/mol. The van der Waals surface area contributed by atoms with Gasteiger partial charge in [0.25, 0.3) is 0 Å². The SMILES string of the molecule is C=CC[C@]1(C)C(=O)C[C@H](C(=C)C)C[C@@H]1O. The zero-order valence-corrected chi connectivity index (χ0v) is 9.62. The number of hydrogen-bond acceptors (Lipinski definition) is 2. The van der Waals surface area contributed by atoms with Crippen molar-refractivity contribution >= 4 is 5.78 Å². The van der Waals surface area contributed by atoms with Gasteiger partial charge in [0.05, 0.1) is 11.5 Å². The van der Waals surface area contributed by atoms with Crippen LogP contribution >= 0.6 is 0 Å². The summed E-state index contributed by atoms with van der Waals surface area (Å²) in [5, 5.41) is 10.0. The molecule has 0 aromatic heterocycles. The Morgan fingerprint density at radius 2 is 2.33 bits per heavy atom. The Balaban J connectivity index is 2.85. The summed E-state index contributed by atoms with van der Waals surface area (Å²) in [6.45, 7) is 11.2. The molecular formula is C13H20O2. The minimum Gasteiger partial charge on any atom is -0.392 e. The maximum absolute atomic E-state index is 12.0. The van der Waals surface area contributed by atoms with Crippen LogP contribution < -0.4 is 0 Å². The number of Topliss-reactive ketones (excluding diaryl/α,β-unsaturated/α-hetero) is 1. The van der Waals surface area contributed by atoms with Gasteiger partial charge in [-0.15, -0.1) is 6.58 Å². The summed E-state index contributed by atoms with van der Waals surface area (Å²) >= 11 is 0. The number of aliphatic hydroxyl groups excluding tert-OH is 1. The molecule has 1 fully saturated rings. The predicted molar refractivity (Wildman–Crippen MR) is 61.5 cm³/mol. The quantitative estimate of drug-likeness (QED) is 0.723. The molecule has 84 valence electrons. The molecule has 1 saturated carbocycles. The van der Waals surface area contributed by atoms with E-state index in [4.69, 9.17) is 0 Å². The number of ketones is 1. The van der Waals surface area contributed by atoms with Gasteiger partial charge in [-0.25, -0.2) is 0 Å². The number of hydrogen-bond donors (Lipinski definition) is 1. The van der Waals surface area contributed by atoms with Gasteiger partial charge in [0.2, 0.25) is 0 Å². The molecule has 0 aliphatic heterocycles. The molecule has 2 nitrogen and oxygen atoms in total. The number of rotatable bonds is 3. The van der Waals surface area contributed by atoms with E-state index in [1.165, 1.54) is 0 Å². The van der Waals surface area contributed by atoms with Crippen LogP contribution in [0.3, 0.4) is 0 Å². The van der Waals surface area contributed by atoms with E-state index >= 15 is 0 Å².